The van der Waals surface area contributed by atoms with Gasteiger partial charge in [-0.05, 0) is 63.1 Å². The highest BCUT2D eigenvalue weighted by atomic mass is 19.1. The molecule has 44 heavy (non-hydrogen) atoms. The summed E-state index contributed by atoms with van der Waals surface area (Å²) in [5.41, 5.74) is 2.19. The third kappa shape index (κ3) is 4.03. The molecule has 5 aromatic heterocycles. The molecule has 0 spiro atoms. The fourth-order valence-corrected chi connectivity index (χ4v) is 6.89. The number of hydrogen-bond donors (Lipinski definition) is 2. The van der Waals surface area contributed by atoms with Crippen LogP contribution in [0.25, 0.3) is 55.4 Å². The van der Waals surface area contributed by atoms with Crippen LogP contribution in [0.15, 0.2) is 41.6 Å². The molecule has 1 aromatic carbocycles. The van der Waals surface area contributed by atoms with Gasteiger partial charge in [-0.15, -0.1) is 5.10 Å². The van der Waals surface area contributed by atoms with E-state index in [9.17, 15) is 9.59 Å². The van der Waals surface area contributed by atoms with Crippen LogP contribution < -0.4 is 11.0 Å². The van der Waals surface area contributed by atoms with Gasteiger partial charge in [0.05, 0.1) is 45.6 Å². The van der Waals surface area contributed by atoms with Gasteiger partial charge in [-0.25, -0.2) is 9.78 Å². The van der Waals surface area contributed by atoms with Crippen LogP contribution in [0.2, 0.25) is 0 Å². The van der Waals surface area contributed by atoms with E-state index in [1.165, 1.54) is 10.8 Å². The number of imidazole rings is 1. The van der Waals surface area contributed by atoms with Crippen molar-refractivity contribution in [3.8, 4) is 22.4 Å². The predicted octanol–water partition coefficient (Wildman–Crippen LogP) is 4.71. The van der Waals surface area contributed by atoms with Crippen molar-refractivity contribution >= 4 is 38.9 Å². The Labute approximate surface area is 260 Å². The molecule has 12 heteroatoms. The summed E-state index contributed by atoms with van der Waals surface area (Å²) >= 11 is 0. The molecule has 6 aromatic rings. The summed E-state index contributed by atoms with van der Waals surface area (Å²) in [7, 11) is 1.67. The average molecular weight is 602 g/mol. The Balaban J connectivity index is 1.35. The maximum Gasteiger partial charge on any atom is 0.329 e. The van der Waals surface area contributed by atoms with Gasteiger partial charge in [0.1, 0.15) is 5.65 Å². The van der Waals surface area contributed by atoms with E-state index in [0.717, 1.165) is 23.7 Å². The number of fused-ring (bicyclic) bond motifs is 4. The van der Waals surface area contributed by atoms with E-state index >= 15 is 4.39 Å². The van der Waals surface area contributed by atoms with Crippen molar-refractivity contribution in [3.05, 3.63) is 53.2 Å². The van der Waals surface area contributed by atoms with Gasteiger partial charge in [0.25, 0.3) is 0 Å². The van der Waals surface area contributed by atoms with E-state index in [0.29, 0.717) is 74.5 Å². The minimum Gasteiger partial charge on any atom is -0.351 e. The largest absolute Gasteiger partial charge is 0.351 e. The Kier molecular flexibility index (Phi) is 4.48. The van der Waals surface area contributed by atoms with Gasteiger partial charge < -0.3 is 10.3 Å². The second-order valence-corrected chi connectivity index (χ2v) is 12.5. The van der Waals surface area contributed by atoms with Crippen molar-refractivity contribution in [1.29, 1.82) is 0 Å². The number of nitrogens with one attached hydrogen (secondary N) is 2. The molecule has 0 unspecified atom stereocenters. The normalized spacial score (nSPS) is 23.3. The van der Waals surface area contributed by atoms with Crippen molar-refractivity contribution in [2.45, 2.75) is 57.0 Å². The molecule has 0 radical (unpaired) electrons. The standard InChI is InChI=1S/C32H34FN9O2/c1-32(37-30(43)17-5-6-17)11-9-20(10-12-32)42-27-23(40(3)31(42)44)15-34-29-25(27)24(26(36-29)21-16-39(2)38-28(21)33)18-7-8-22-19(13-18)14-35-41(22)4/h7-8,13-17,20H,5-6,9-12H2,1-4H3,(H,34,36)(H,37,43)/i2D3,4D3. The number of aromatic amines is 1. The number of benzene rings is 1. The van der Waals surface area contributed by atoms with Crippen molar-refractivity contribution in [2.24, 2.45) is 26.9 Å². The highest BCUT2D eigenvalue weighted by Crippen LogP contribution is 2.44. The van der Waals surface area contributed by atoms with Crippen LogP contribution in [0.4, 0.5) is 4.39 Å². The third-order valence-electron chi connectivity index (χ3n) is 9.46. The van der Waals surface area contributed by atoms with Crippen LogP contribution >= 0.6 is 0 Å². The Hall–Kier alpha value is -4.74. The maximum atomic E-state index is 15.6. The summed E-state index contributed by atoms with van der Waals surface area (Å²) in [6, 6.07) is 4.80. The number of pyridine rings is 1. The summed E-state index contributed by atoms with van der Waals surface area (Å²) in [6.45, 7) is -3.21. The Bertz CT molecular complexity index is 2400. The molecule has 8 rings (SSSR count). The molecule has 2 aliphatic rings. The van der Waals surface area contributed by atoms with Crippen LogP contribution in [0, 0.1) is 11.9 Å². The number of aryl methyl sites for hydroxylation is 3. The Morgan fingerprint density at radius 2 is 1.98 bits per heavy atom. The zero-order chi connectivity index (χ0) is 35.5. The van der Waals surface area contributed by atoms with E-state index in [2.05, 4.69) is 25.5 Å². The number of hydrogen-bond acceptors (Lipinski definition) is 5. The molecule has 5 heterocycles. The van der Waals surface area contributed by atoms with Gasteiger partial charge in [-0.1, -0.05) is 6.07 Å². The van der Waals surface area contributed by atoms with Gasteiger partial charge in [-0.2, -0.15) is 9.49 Å². The monoisotopic (exact) mass is 601 g/mol. The summed E-state index contributed by atoms with van der Waals surface area (Å²) < 4.78 is 67.5. The van der Waals surface area contributed by atoms with Crippen molar-refractivity contribution in [3.63, 3.8) is 0 Å². The first kappa shape index (κ1) is 21.0. The lowest BCUT2D eigenvalue weighted by Gasteiger charge is -2.38. The van der Waals surface area contributed by atoms with Crippen molar-refractivity contribution < 1.29 is 17.4 Å². The number of carbonyl (C=O) groups excluding carboxylic acids is 1. The molecule has 1 amide bonds. The number of rotatable bonds is 5. The van der Waals surface area contributed by atoms with Crippen LogP contribution in [0.3, 0.4) is 0 Å². The zero-order valence-electron chi connectivity index (χ0n) is 30.2. The van der Waals surface area contributed by atoms with E-state index in [1.807, 2.05) is 6.92 Å². The number of amides is 1. The van der Waals surface area contributed by atoms with Crippen molar-refractivity contribution in [1.82, 2.24) is 44.0 Å². The quantitative estimate of drug-likeness (QED) is 0.297. The first-order valence-electron chi connectivity index (χ1n) is 17.7. The van der Waals surface area contributed by atoms with E-state index in [1.54, 1.807) is 36.0 Å². The van der Waals surface area contributed by atoms with Crippen LogP contribution in [-0.2, 0) is 25.8 Å². The lowest BCUT2D eigenvalue weighted by atomic mass is 9.80. The number of carbonyl (C=O) groups is 1. The first-order chi connectivity index (χ1) is 23.5. The molecular weight excluding hydrogens is 561 g/mol. The maximum absolute atomic E-state index is 15.6. The zero-order valence-corrected chi connectivity index (χ0v) is 24.2. The van der Waals surface area contributed by atoms with Crippen LogP contribution in [-0.4, -0.2) is 50.1 Å². The van der Waals surface area contributed by atoms with Crippen LogP contribution in [0.5, 0.6) is 0 Å². The highest BCUT2D eigenvalue weighted by molar-refractivity contribution is 6.14. The molecule has 0 aliphatic heterocycles. The van der Waals surface area contributed by atoms with E-state index < -0.39 is 19.9 Å². The number of halogens is 1. The summed E-state index contributed by atoms with van der Waals surface area (Å²) in [6.07, 6.45) is 8.52. The van der Waals surface area contributed by atoms with Gasteiger partial charge in [0, 0.05) is 63.9 Å². The summed E-state index contributed by atoms with van der Waals surface area (Å²) in [5.74, 6) is -0.848. The molecule has 2 aliphatic carbocycles. The van der Waals surface area contributed by atoms with Crippen molar-refractivity contribution in [2.75, 3.05) is 0 Å². The van der Waals surface area contributed by atoms with Gasteiger partial charge in [0.2, 0.25) is 11.9 Å². The second-order valence-electron chi connectivity index (χ2n) is 12.5. The highest BCUT2D eigenvalue weighted by Gasteiger charge is 2.39. The number of nitrogens with zero attached hydrogens (tertiary/aromatic N) is 7. The number of H-pyrrole nitrogens is 1. The Morgan fingerprint density at radius 1 is 1.16 bits per heavy atom. The molecule has 0 saturated heterocycles. The lowest BCUT2D eigenvalue weighted by Crippen LogP contribution is -2.49. The SMILES string of the molecule is [2H]C([2H])([2H])n1cc(-c2[nH]c3ncc4c(c3c2-c2ccc3c(cnn3C([2H])([2H])[2H])c2)n(C2CCC(C)(NC(=O)C3CC3)CC2)c(=O)n4C)c(F)n1. The summed E-state index contributed by atoms with van der Waals surface area (Å²) in [5, 5.41) is 12.0. The molecule has 11 nitrogen and oxygen atoms in total. The topological polar surface area (TPSA) is 120 Å². The second kappa shape index (κ2) is 9.38. The number of aromatic nitrogens is 8. The predicted molar refractivity (Wildman–Crippen MR) is 165 cm³/mol. The average Bonchev–Trinajstić information content (AvgIpc) is 3.39. The van der Waals surface area contributed by atoms with Crippen LogP contribution in [0.1, 0.15) is 59.7 Å². The Morgan fingerprint density at radius 3 is 2.70 bits per heavy atom. The molecule has 0 atom stereocenters. The molecule has 2 saturated carbocycles. The van der Waals surface area contributed by atoms with E-state index in [-0.39, 0.29) is 40.4 Å². The third-order valence-corrected chi connectivity index (χ3v) is 9.46. The molecule has 2 N–H and O–H groups in total. The van der Waals surface area contributed by atoms with Gasteiger partial charge in [0.15, 0.2) is 0 Å². The minimum atomic E-state index is -2.74. The summed E-state index contributed by atoms with van der Waals surface area (Å²) in [4.78, 5) is 34.5. The lowest BCUT2D eigenvalue weighted by molar-refractivity contribution is -0.124. The van der Waals surface area contributed by atoms with Gasteiger partial charge in [-0.3, -0.25) is 23.3 Å². The molecular formula is C32H34FN9O2. The molecule has 2 fully saturated rings. The smallest absolute Gasteiger partial charge is 0.329 e. The fourth-order valence-electron chi connectivity index (χ4n) is 6.89. The molecule has 226 valence electrons. The fraction of sp³-hybridized carbons (Fsp3) is 0.406. The first-order valence-corrected chi connectivity index (χ1v) is 14.7. The molecule has 0 bridgehead atoms. The van der Waals surface area contributed by atoms with Gasteiger partial charge >= 0.3 is 5.69 Å². The minimum absolute atomic E-state index is 0.0842. The van der Waals surface area contributed by atoms with E-state index in [4.69, 9.17) is 8.22 Å².